The third kappa shape index (κ3) is 2.40. The van der Waals surface area contributed by atoms with E-state index >= 15 is 0 Å². The van der Waals surface area contributed by atoms with Gasteiger partial charge in [0.25, 0.3) is 0 Å². The van der Waals surface area contributed by atoms with Gasteiger partial charge in [-0.1, -0.05) is 30.3 Å². The predicted octanol–water partition coefficient (Wildman–Crippen LogP) is 1.55. The molecule has 0 saturated carbocycles. The van der Waals surface area contributed by atoms with E-state index in [0.29, 0.717) is 6.42 Å². The second-order valence-corrected chi connectivity index (χ2v) is 2.31. The maximum absolute atomic E-state index is 10.7. The lowest BCUT2D eigenvalue weighted by atomic mass is 10.1. The predicted molar refractivity (Wildman–Crippen MR) is 40.2 cm³/mol. The number of hydrogen-bond acceptors (Lipinski definition) is 1. The van der Waals surface area contributed by atoms with Crippen LogP contribution in [0.1, 0.15) is 5.56 Å². The van der Waals surface area contributed by atoms with Crippen LogP contribution in [0.4, 0.5) is 0 Å². The van der Waals surface area contributed by atoms with Crippen molar-refractivity contribution in [1.29, 1.82) is 5.26 Å². The number of nitriles is 1. The van der Waals surface area contributed by atoms with Crippen LogP contribution in [0.3, 0.4) is 0 Å². The summed E-state index contributed by atoms with van der Waals surface area (Å²) in [7, 11) is 0. The molecule has 0 fully saturated rings. The minimum absolute atomic E-state index is 0.303. The molecule has 11 heavy (non-hydrogen) atoms. The fraction of sp³-hybridized carbons (Fsp3) is 0.222. The normalized spacial score (nSPS) is 12.0. The van der Waals surface area contributed by atoms with Crippen molar-refractivity contribution in [3.8, 4) is 6.07 Å². The number of rotatable bonds is 2. The van der Waals surface area contributed by atoms with Gasteiger partial charge in [0, 0.05) is 6.42 Å². The van der Waals surface area contributed by atoms with Crippen LogP contribution in [-0.2, 0) is 11.5 Å². The lowest BCUT2D eigenvalue weighted by molar-refractivity contribution is 0.136. The average Bonchev–Trinajstić information content (AvgIpc) is 2.06. The molecule has 0 aliphatic carbocycles. The van der Waals surface area contributed by atoms with Crippen molar-refractivity contribution in [2.45, 2.75) is 12.5 Å². The summed E-state index contributed by atoms with van der Waals surface area (Å²) in [5.74, 6) is 0. The van der Waals surface area contributed by atoms with Gasteiger partial charge in [-0.05, 0) is 5.56 Å². The van der Waals surface area contributed by atoms with Crippen molar-refractivity contribution in [3.05, 3.63) is 35.9 Å². The lowest BCUT2D eigenvalue weighted by Gasteiger charge is -1.97. The molecule has 55 valence electrons. The highest BCUT2D eigenvalue weighted by Gasteiger charge is 2.03. The van der Waals surface area contributed by atoms with Gasteiger partial charge in [-0.2, -0.15) is 5.26 Å². The van der Waals surface area contributed by atoms with Crippen molar-refractivity contribution in [2.75, 3.05) is 0 Å². The molecule has 1 aromatic rings. The van der Waals surface area contributed by atoms with E-state index in [-0.39, 0.29) is 0 Å². The molecule has 2 heteroatoms. The van der Waals surface area contributed by atoms with Gasteiger partial charge in [-0.15, -0.1) is 0 Å². The zero-order chi connectivity index (χ0) is 8.10. The van der Waals surface area contributed by atoms with Crippen LogP contribution in [0, 0.1) is 11.3 Å². The average molecular weight is 146 g/mol. The van der Waals surface area contributed by atoms with Crippen LogP contribution in [0.5, 0.6) is 0 Å². The second kappa shape index (κ2) is 3.75. The highest BCUT2D eigenvalue weighted by atomic mass is 16.3. The summed E-state index contributed by atoms with van der Waals surface area (Å²) < 4.78 is 0. The molecule has 1 aromatic carbocycles. The molecular formula is C9H8NO. The molecule has 0 aromatic heterocycles. The minimum Gasteiger partial charge on any atom is -0.216 e. The van der Waals surface area contributed by atoms with Crippen LogP contribution in [0.25, 0.3) is 0 Å². The Morgan fingerprint density at radius 3 is 2.55 bits per heavy atom. The topological polar surface area (TPSA) is 43.7 Å². The fourth-order valence-electron chi connectivity index (χ4n) is 0.874. The molecule has 2 nitrogen and oxygen atoms in total. The Hall–Kier alpha value is -1.33. The summed E-state index contributed by atoms with van der Waals surface area (Å²) >= 11 is 0. The van der Waals surface area contributed by atoms with E-state index in [1.165, 1.54) is 0 Å². The maximum Gasteiger partial charge on any atom is 0.183 e. The van der Waals surface area contributed by atoms with Crippen molar-refractivity contribution < 1.29 is 5.11 Å². The molecule has 1 atom stereocenters. The van der Waals surface area contributed by atoms with Gasteiger partial charge in [0.05, 0.1) is 6.07 Å². The van der Waals surface area contributed by atoms with Gasteiger partial charge in [0.1, 0.15) is 0 Å². The molecule has 0 aliphatic heterocycles. The first-order valence-electron chi connectivity index (χ1n) is 3.42. The van der Waals surface area contributed by atoms with E-state index < -0.39 is 6.10 Å². The molecule has 0 N–H and O–H groups in total. The molecule has 0 aliphatic rings. The first-order valence-corrected chi connectivity index (χ1v) is 3.42. The third-order valence-electron chi connectivity index (χ3n) is 1.41. The van der Waals surface area contributed by atoms with Crippen LogP contribution < -0.4 is 0 Å². The van der Waals surface area contributed by atoms with Gasteiger partial charge in [-0.3, -0.25) is 0 Å². The SMILES string of the molecule is N#CC([O])Cc1ccccc1. The van der Waals surface area contributed by atoms with Crippen LogP contribution >= 0.6 is 0 Å². The van der Waals surface area contributed by atoms with Gasteiger partial charge in [0.2, 0.25) is 0 Å². The molecular weight excluding hydrogens is 138 g/mol. The maximum atomic E-state index is 10.7. The largest absolute Gasteiger partial charge is 0.216 e. The van der Waals surface area contributed by atoms with Crippen molar-refractivity contribution in [3.63, 3.8) is 0 Å². The Morgan fingerprint density at radius 1 is 1.36 bits per heavy atom. The van der Waals surface area contributed by atoms with Crippen LogP contribution in [0.2, 0.25) is 0 Å². The lowest BCUT2D eigenvalue weighted by Crippen LogP contribution is -2.04. The van der Waals surface area contributed by atoms with Crippen LogP contribution in [0.15, 0.2) is 30.3 Å². The van der Waals surface area contributed by atoms with Crippen molar-refractivity contribution in [1.82, 2.24) is 0 Å². The van der Waals surface area contributed by atoms with E-state index in [9.17, 15) is 5.11 Å². The van der Waals surface area contributed by atoms with E-state index in [1.807, 2.05) is 30.3 Å². The highest BCUT2D eigenvalue weighted by Crippen LogP contribution is 2.01. The Kier molecular flexibility index (Phi) is 2.65. The summed E-state index contributed by atoms with van der Waals surface area (Å²) in [5, 5.41) is 18.9. The Balaban J connectivity index is 2.60. The number of nitrogens with zero attached hydrogens (tertiary/aromatic N) is 1. The van der Waals surface area contributed by atoms with Crippen molar-refractivity contribution in [2.24, 2.45) is 0 Å². The first kappa shape index (κ1) is 7.77. The van der Waals surface area contributed by atoms with E-state index in [1.54, 1.807) is 6.07 Å². The van der Waals surface area contributed by atoms with Gasteiger partial charge in [-0.25, -0.2) is 5.11 Å². The first-order chi connectivity index (χ1) is 5.33. The monoisotopic (exact) mass is 146 g/mol. The number of hydrogen-bond donors (Lipinski definition) is 0. The van der Waals surface area contributed by atoms with E-state index in [0.717, 1.165) is 5.56 Å². The molecule has 0 heterocycles. The van der Waals surface area contributed by atoms with Crippen LogP contribution in [-0.4, -0.2) is 6.10 Å². The smallest absolute Gasteiger partial charge is 0.183 e. The zero-order valence-electron chi connectivity index (χ0n) is 6.03. The third-order valence-corrected chi connectivity index (χ3v) is 1.41. The molecule has 0 bridgehead atoms. The Bertz CT molecular complexity index is 250. The molecule has 0 amide bonds. The zero-order valence-corrected chi connectivity index (χ0v) is 6.03. The van der Waals surface area contributed by atoms with Gasteiger partial charge in [0.15, 0.2) is 6.10 Å². The Labute approximate surface area is 65.7 Å². The second-order valence-electron chi connectivity index (χ2n) is 2.31. The number of benzene rings is 1. The van der Waals surface area contributed by atoms with E-state index in [4.69, 9.17) is 5.26 Å². The quantitative estimate of drug-likeness (QED) is 0.624. The summed E-state index contributed by atoms with van der Waals surface area (Å²) in [6.07, 6.45) is -0.824. The highest BCUT2D eigenvalue weighted by molar-refractivity contribution is 5.16. The molecule has 1 radical (unpaired) electrons. The van der Waals surface area contributed by atoms with E-state index in [2.05, 4.69) is 0 Å². The summed E-state index contributed by atoms with van der Waals surface area (Å²) in [6.45, 7) is 0. The van der Waals surface area contributed by atoms with Crippen molar-refractivity contribution >= 4 is 0 Å². The standard InChI is InChI=1S/C9H8NO/c10-7-9(11)6-8-4-2-1-3-5-8/h1-5,9H,6H2. The summed E-state index contributed by atoms with van der Waals surface area (Å²) in [5.41, 5.74) is 0.925. The van der Waals surface area contributed by atoms with Gasteiger partial charge < -0.3 is 0 Å². The minimum atomic E-state index is -1.13. The fourth-order valence-corrected chi connectivity index (χ4v) is 0.874. The summed E-state index contributed by atoms with van der Waals surface area (Å²) in [4.78, 5) is 0. The molecule has 0 spiro atoms. The summed E-state index contributed by atoms with van der Waals surface area (Å²) in [6, 6.07) is 11.0. The molecule has 1 rings (SSSR count). The van der Waals surface area contributed by atoms with Gasteiger partial charge >= 0.3 is 0 Å². The molecule has 1 unspecified atom stereocenters. The molecule has 0 saturated heterocycles. The Morgan fingerprint density at radius 2 is 2.00 bits per heavy atom.